The predicted molar refractivity (Wildman–Crippen MR) is 188 cm³/mol. The normalized spacial score (nSPS) is 23.4. The Morgan fingerprint density at radius 2 is 0.979 bits per heavy atom. The molecule has 0 amide bonds. The van der Waals surface area contributed by atoms with E-state index in [1.807, 2.05) is 97.1 Å². The SMILES string of the molecule is Cc1ccc(OC[C@H]2O[C@H](C#C/C=C/[C@@H]3C[C@H](Oc4ccc(C)cc4)[C@@H](COc4ccc(C)cc4)O3)C[C@@H]2Oc2ccc(C)cc2)cc1. The van der Waals surface area contributed by atoms with Gasteiger partial charge in [-0.05, 0) is 88.4 Å². The number of rotatable bonds is 11. The van der Waals surface area contributed by atoms with E-state index in [1.54, 1.807) is 0 Å². The monoisotopic (exact) mass is 644 g/mol. The van der Waals surface area contributed by atoms with E-state index in [0.29, 0.717) is 26.1 Å². The number of hydrogen-bond donors (Lipinski definition) is 0. The van der Waals surface area contributed by atoms with Crippen LogP contribution in [0.5, 0.6) is 23.0 Å². The first-order valence-electron chi connectivity index (χ1n) is 16.7. The summed E-state index contributed by atoms with van der Waals surface area (Å²) >= 11 is 0. The number of hydrogen-bond acceptors (Lipinski definition) is 6. The standard InChI is InChI=1S/C42H44O6/c1-29-9-17-33(18-10-29)43-27-41-39(45-35-21-13-31(3)14-22-35)25-37(47-41)7-5-6-8-38-26-40(46-36-23-15-32(4)16-24-36)42(48-38)28-44-34-19-11-30(2)12-20-34/h5,7,9-24,37-42H,25-28H2,1-4H3/b7-5+/t37-,38-,39+,40+,41-,42-/m1/s1. The maximum atomic E-state index is 6.41. The molecule has 2 heterocycles. The van der Waals surface area contributed by atoms with Crippen molar-refractivity contribution in [2.45, 2.75) is 77.2 Å². The zero-order valence-corrected chi connectivity index (χ0v) is 28.1. The van der Waals surface area contributed by atoms with Crippen LogP contribution in [0.2, 0.25) is 0 Å². The molecule has 4 aromatic rings. The van der Waals surface area contributed by atoms with Crippen molar-refractivity contribution in [2.24, 2.45) is 0 Å². The van der Waals surface area contributed by atoms with Gasteiger partial charge in [-0.2, -0.15) is 0 Å². The fourth-order valence-corrected chi connectivity index (χ4v) is 5.73. The fourth-order valence-electron chi connectivity index (χ4n) is 5.73. The molecule has 0 unspecified atom stereocenters. The summed E-state index contributed by atoms with van der Waals surface area (Å²) in [6, 6.07) is 32.2. The second-order valence-corrected chi connectivity index (χ2v) is 12.7. The second kappa shape index (κ2) is 15.9. The molecule has 0 saturated carbocycles. The molecule has 0 aromatic heterocycles. The lowest BCUT2D eigenvalue weighted by Gasteiger charge is -2.20. The minimum absolute atomic E-state index is 0.154. The summed E-state index contributed by atoms with van der Waals surface area (Å²) in [7, 11) is 0. The van der Waals surface area contributed by atoms with Gasteiger partial charge >= 0.3 is 0 Å². The molecule has 0 aliphatic carbocycles. The molecule has 0 N–H and O–H groups in total. The summed E-state index contributed by atoms with van der Waals surface area (Å²) in [5.74, 6) is 9.72. The molecule has 0 bridgehead atoms. The molecule has 2 saturated heterocycles. The molecule has 6 atom stereocenters. The highest BCUT2D eigenvalue weighted by molar-refractivity contribution is 5.30. The van der Waals surface area contributed by atoms with Crippen LogP contribution in [-0.2, 0) is 9.47 Å². The molecule has 248 valence electrons. The lowest BCUT2D eigenvalue weighted by Crippen LogP contribution is -2.32. The minimum atomic E-state index is -0.283. The Morgan fingerprint density at radius 1 is 0.562 bits per heavy atom. The lowest BCUT2D eigenvalue weighted by atomic mass is 10.1. The van der Waals surface area contributed by atoms with Crippen molar-refractivity contribution < 1.29 is 28.4 Å². The number of allylic oxidation sites excluding steroid dienone is 1. The average molecular weight is 645 g/mol. The summed E-state index contributed by atoms with van der Waals surface area (Å²) in [5, 5.41) is 0. The zero-order chi connectivity index (χ0) is 33.3. The zero-order valence-electron chi connectivity index (χ0n) is 28.1. The average Bonchev–Trinajstić information content (AvgIpc) is 3.67. The third kappa shape index (κ3) is 9.44. The number of ether oxygens (including phenoxy) is 6. The minimum Gasteiger partial charge on any atom is -0.491 e. The molecule has 2 aliphatic heterocycles. The molecular weight excluding hydrogens is 600 g/mol. The van der Waals surface area contributed by atoms with Gasteiger partial charge in [-0.25, -0.2) is 0 Å². The van der Waals surface area contributed by atoms with E-state index in [9.17, 15) is 0 Å². The molecule has 0 spiro atoms. The molecule has 2 aliphatic rings. The number of benzene rings is 4. The quantitative estimate of drug-likeness (QED) is 0.154. The summed E-state index contributed by atoms with van der Waals surface area (Å²) in [4.78, 5) is 0. The maximum Gasteiger partial charge on any atom is 0.132 e. The summed E-state index contributed by atoms with van der Waals surface area (Å²) < 4.78 is 37.7. The highest BCUT2D eigenvalue weighted by Gasteiger charge is 2.38. The number of aryl methyl sites for hydroxylation is 4. The van der Waals surface area contributed by atoms with Crippen molar-refractivity contribution in [2.75, 3.05) is 13.2 Å². The van der Waals surface area contributed by atoms with Crippen LogP contribution in [0.4, 0.5) is 0 Å². The molecule has 0 radical (unpaired) electrons. The smallest absolute Gasteiger partial charge is 0.132 e. The Morgan fingerprint density at radius 3 is 1.46 bits per heavy atom. The Balaban J connectivity index is 1.08. The Bertz CT molecular complexity index is 1680. The van der Waals surface area contributed by atoms with Crippen LogP contribution in [0.25, 0.3) is 0 Å². The first-order chi connectivity index (χ1) is 23.4. The summed E-state index contributed by atoms with van der Waals surface area (Å²) in [5.41, 5.74) is 4.75. The van der Waals surface area contributed by atoms with Crippen LogP contribution in [0.1, 0.15) is 35.1 Å². The fraction of sp³-hybridized carbons (Fsp3) is 0.333. The van der Waals surface area contributed by atoms with Crippen LogP contribution in [0.3, 0.4) is 0 Å². The van der Waals surface area contributed by atoms with Gasteiger partial charge in [0.15, 0.2) is 0 Å². The molecule has 6 rings (SSSR count). The molecular formula is C42H44O6. The van der Waals surface area contributed by atoms with Gasteiger partial charge in [0.05, 0.1) is 6.10 Å². The van der Waals surface area contributed by atoms with Crippen molar-refractivity contribution in [3.8, 4) is 34.8 Å². The molecule has 4 aromatic carbocycles. The highest BCUT2D eigenvalue weighted by atomic mass is 16.6. The van der Waals surface area contributed by atoms with Crippen LogP contribution < -0.4 is 18.9 Å². The van der Waals surface area contributed by atoms with Crippen LogP contribution in [0, 0.1) is 39.5 Å². The van der Waals surface area contributed by atoms with E-state index in [4.69, 9.17) is 28.4 Å². The molecule has 6 nitrogen and oxygen atoms in total. The van der Waals surface area contributed by atoms with E-state index in [-0.39, 0.29) is 36.6 Å². The largest absolute Gasteiger partial charge is 0.491 e. The van der Waals surface area contributed by atoms with E-state index in [0.717, 1.165) is 23.0 Å². The van der Waals surface area contributed by atoms with Gasteiger partial charge in [0.25, 0.3) is 0 Å². The Hall–Kier alpha value is -4.70. The van der Waals surface area contributed by atoms with Crippen molar-refractivity contribution >= 4 is 0 Å². The summed E-state index contributed by atoms with van der Waals surface area (Å²) in [6.07, 6.45) is 3.91. The van der Waals surface area contributed by atoms with E-state index < -0.39 is 0 Å². The Kier molecular flexibility index (Phi) is 11.0. The van der Waals surface area contributed by atoms with E-state index in [2.05, 4.69) is 51.7 Å². The van der Waals surface area contributed by atoms with Gasteiger partial charge in [-0.15, -0.1) is 0 Å². The van der Waals surface area contributed by atoms with Crippen molar-refractivity contribution in [1.29, 1.82) is 0 Å². The lowest BCUT2D eigenvalue weighted by molar-refractivity contribution is 0.00292. The maximum absolute atomic E-state index is 6.41. The van der Waals surface area contributed by atoms with Crippen molar-refractivity contribution in [1.82, 2.24) is 0 Å². The van der Waals surface area contributed by atoms with Crippen LogP contribution in [-0.4, -0.2) is 49.8 Å². The first kappa shape index (κ1) is 33.2. The van der Waals surface area contributed by atoms with Gasteiger partial charge in [-0.1, -0.05) is 82.6 Å². The highest BCUT2D eigenvalue weighted by Crippen LogP contribution is 2.29. The third-order valence-electron chi connectivity index (χ3n) is 8.55. The summed E-state index contributed by atoms with van der Waals surface area (Å²) in [6.45, 7) is 9.01. The second-order valence-electron chi connectivity index (χ2n) is 12.7. The van der Waals surface area contributed by atoms with Crippen molar-refractivity contribution in [3.63, 3.8) is 0 Å². The van der Waals surface area contributed by atoms with Gasteiger partial charge in [0, 0.05) is 12.8 Å². The van der Waals surface area contributed by atoms with Gasteiger partial charge in [-0.3, -0.25) is 0 Å². The van der Waals surface area contributed by atoms with Gasteiger partial charge < -0.3 is 28.4 Å². The van der Waals surface area contributed by atoms with Gasteiger partial charge in [0.1, 0.15) is 66.7 Å². The Labute approximate surface area is 284 Å². The van der Waals surface area contributed by atoms with Crippen LogP contribution >= 0.6 is 0 Å². The topological polar surface area (TPSA) is 55.4 Å². The van der Waals surface area contributed by atoms with Gasteiger partial charge in [0.2, 0.25) is 0 Å². The molecule has 2 fully saturated rings. The molecule has 48 heavy (non-hydrogen) atoms. The van der Waals surface area contributed by atoms with E-state index >= 15 is 0 Å². The first-order valence-corrected chi connectivity index (χ1v) is 16.7. The van der Waals surface area contributed by atoms with E-state index in [1.165, 1.54) is 22.3 Å². The predicted octanol–water partition coefficient (Wildman–Crippen LogP) is 8.15. The molecule has 6 heteroatoms. The van der Waals surface area contributed by atoms with Crippen LogP contribution in [0.15, 0.2) is 109 Å². The van der Waals surface area contributed by atoms with Crippen molar-refractivity contribution in [3.05, 3.63) is 131 Å². The third-order valence-corrected chi connectivity index (χ3v) is 8.55.